The quantitative estimate of drug-likeness (QED) is 0.317. The smallest absolute Gasteiger partial charge is 0.308 e. The highest BCUT2D eigenvalue weighted by atomic mass is 35.5. The average Bonchev–Trinajstić information content (AvgIpc) is 3.40. The number of halogens is 1. The number of benzene rings is 3. The molecule has 4 aromatic rings. The maximum atomic E-state index is 13.9. The average molecular weight is 592 g/mol. The molecular weight excluding hydrogens is 570 g/mol. The van der Waals surface area contributed by atoms with E-state index in [0.717, 1.165) is 16.9 Å². The van der Waals surface area contributed by atoms with Gasteiger partial charge in [0.25, 0.3) is 0 Å². The van der Waals surface area contributed by atoms with Gasteiger partial charge >= 0.3 is 4.87 Å². The van der Waals surface area contributed by atoms with Crippen molar-refractivity contribution in [3.63, 3.8) is 0 Å². The van der Waals surface area contributed by atoms with E-state index in [4.69, 9.17) is 16.3 Å². The van der Waals surface area contributed by atoms with Crippen LogP contribution in [-0.4, -0.2) is 34.6 Å². The molecule has 1 aromatic heterocycles. The van der Waals surface area contributed by atoms with E-state index in [1.165, 1.54) is 21.2 Å². The van der Waals surface area contributed by atoms with Gasteiger partial charge in [0.1, 0.15) is 17.5 Å². The number of hydrogen-bond acceptors (Lipinski definition) is 7. The first kappa shape index (κ1) is 26.4. The van der Waals surface area contributed by atoms with E-state index in [2.05, 4.69) is 5.32 Å². The van der Waals surface area contributed by atoms with E-state index in [1.807, 2.05) is 30.3 Å². The Kier molecular flexibility index (Phi) is 6.99. The molecule has 0 saturated carbocycles. The third kappa shape index (κ3) is 4.61. The molecule has 3 aromatic carbocycles. The first-order valence-electron chi connectivity index (χ1n) is 12.4. The monoisotopic (exact) mass is 591 g/mol. The van der Waals surface area contributed by atoms with Gasteiger partial charge in [-0.1, -0.05) is 65.0 Å². The van der Waals surface area contributed by atoms with Crippen molar-refractivity contribution in [1.29, 1.82) is 0 Å². The van der Waals surface area contributed by atoms with Crippen molar-refractivity contribution in [2.45, 2.75) is 22.7 Å². The van der Waals surface area contributed by atoms with E-state index in [9.17, 15) is 19.2 Å². The maximum absolute atomic E-state index is 13.9. The molecule has 11 heteroatoms. The molecule has 0 radical (unpaired) electrons. The number of imide groups is 1. The number of ether oxygens (including phenoxy) is 1. The summed E-state index contributed by atoms with van der Waals surface area (Å²) in [5.41, 5.74) is 1.84. The van der Waals surface area contributed by atoms with Crippen LogP contribution in [-0.2, 0) is 20.9 Å². The Morgan fingerprint density at radius 3 is 2.33 bits per heavy atom. The van der Waals surface area contributed by atoms with Crippen LogP contribution in [0.3, 0.4) is 0 Å². The van der Waals surface area contributed by atoms with Gasteiger partial charge in [0.05, 0.1) is 23.7 Å². The molecule has 1 saturated heterocycles. The van der Waals surface area contributed by atoms with Crippen molar-refractivity contribution in [3.05, 3.63) is 104 Å². The fourth-order valence-corrected chi connectivity index (χ4v) is 8.04. The number of amides is 3. The highest BCUT2D eigenvalue weighted by molar-refractivity contribution is 8.00. The van der Waals surface area contributed by atoms with Crippen LogP contribution in [0, 0.1) is 5.92 Å². The minimum Gasteiger partial charge on any atom is -0.497 e. The lowest BCUT2D eigenvalue weighted by Crippen LogP contribution is -2.33. The third-order valence-corrected chi connectivity index (χ3v) is 9.82. The van der Waals surface area contributed by atoms with E-state index >= 15 is 0 Å². The fourth-order valence-electron chi connectivity index (χ4n) is 5.14. The predicted molar refractivity (Wildman–Crippen MR) is 156 cm³/mol. The molecule has 0 bridgehead atoms. The molecule has 2 aliphatic rings. The van der Waals surface area contributed by atoms with Crippen LogP contribution in [0.5, 0.6) is 5.75 Å². The van der Waals surface area contributed by atoms with Crippen LogP contribution >= 0.6 is 34.7 Å². The predicted octanol–water partition coefficient (Wildman–Crippen LogP) is 5.01. The molecule has 0 spiro atoms. The van der Waals surface area contributed by atoms with Gasteiger partial charge in [-0.2, -0.15) is 0 Å². The summed E-state index contributed by atoms with van der Waals surface area (Å²) in [4.78, 5) is 55.4. The number of carbonyl (C=O) groups excluding carboxylic acids is 3. The molecule has 6 rings (SSSR count). The summed E-state index contributed by atoms with van der Waals surface area (Å²) in [6.07, 6.45) is 0. The van der Waals surface area contributed by atoms with Crippen molar-refractivity contribution >= 4 is 63.8 Å². The number of thioether (sulfide) groups is 1. The summed E-state index contributed by atoms with van der Waals surface area (Å²) < 4.78 is 6.56. The Hall–Kier alpha value is -3.86. The lowest BCUT2D eigenvalue weighted by molar-refractivity contribution is -0.122. The van der Waals surface area contributed by atoms with E-state index in [-0.39, 0.29) is 29.1 Å². The number of rotatable bonds is 6. The minimum atomic E-state index is -0.759. The number of nitrogens with zero attached hydrogens (tertiary/aromatic N) is 2. The summed E-state index contributed by atoms with van der Waals surface area (Å²) in [5, 5.41) is 3.08. The summed E-state index contributed by atoms with van der Waals surface area (Å²) >= 11 is 8.23. The molecule has 3 atom stereocenters. The van der Waals surface area contributed by atoms with Gasteiger partial charge in [-0.25, -0.2) is 4.90 Å². The second-order valence-corrected chi connectivity index (χ2v) is 11.9. The lowest BCUT2D eigenvalue weighted by Gasteiger charge is -2.30. The highest BCUT2D eigenvalue weighted by Crippen LogP contribution is 2.53. The van der Waals surface area contributed by atoms with Crippen LogP contribution in [0.2, 0.25) is 5.02 Å². The zero-order valence-corrected chi connectivity index (χ0v) is 23.5. The number of thiazole rings is 1. The van der Waals surface area contributed by atoms with E-state index in [1.54, 1.807) is 55.6 Å². The third-order valence-electron chi connectivity index (χ3n) is 6.97. The Bertz CT molecular complexity index is 1670. The first-order chi connectivity index (χ1) is 19.4. The summed E-state index contributed by atoms with van der Waals surface area (Å²) in [6.45, 7) is -0.231. The Balaban J connectivity index is 1.37. The molecule has 202 valence electrons. The fraction of sp³-hybridized carbons (Fsp3) is 0.172. The minimum absolute atomic E-state index is 0.231. The molecule has 1 fully saturated rings. The molecule has 3 heterocycles. The molecule has 8 nitrogen and oxygen atoms in total. The van der Waals surface area contributed by atoms with Crippen LogP contribution < -0.4 is 19.8 Å². The number of aromatic nitrogens is 1. The van der Waals surface area contributed by atoms with Crippen molar-refractivity contribution in [2.24, 2.45) is 5.92 Å². The van der Waals surface area contributed by atoms with Gasteiger partial charge in [-0.3, -0.25) is 23.7 Å². The molecular formula is C29H22ClN3O5S2. The van der Waals surface area contributed by atoms with Crippen molar-refractivity contribution in [3.8, 4) is 5.75 Å². The molecule has 0 aliphatic carbocycles. The largest absolute Gasteiger partial charge is 0.497 e. The van der Waals surface area contributed by atoms with Gasteiger partial charge in [0, 0.05) is 21.5 Å². The second-order valence-electron chi connectivity index (χ2n) is 9.34. The zero-order chi connectivity index (χ0) is 28.0. The maximum Gasteiger partial charge on any atom is 0.308 e. The number of nitrogens with one attached hydrogen (secondary N) is 1. The normalized spacial score (nSPS) is 19.8. The van der Waals surface area contributed by atoms with Gasteiger partial charge in [0.2, 0.25) is 17.7 Å². The molecule has 40 heavy (non-hydrogen) atoms. The molecule has 2 aliphatic heterocycles. The number of hydrogen-bond donors (Lipinski definition) is 1. The molecule has 1 N–H and O–H groups in total. The first-order valence-corrected chi connectivity index (χ1v) is 14.5. The number of carbonyl (C=O) groups is 3. The number of anilines is 2. The summed E-state index contributed by atoms with van der Waals surface area (Å²) in [6, 6.07) is 22.8. The second kappa shape index (κ2) is 10.6. The van der Waals surface area contributed by atoms with E-state index < -0.39 is 17.1 Å². The van der Waals surface area contributed by atoms with Gasteiger partial charge in [-0.05, 0) is 54.1 Å². The van der Waals surface area contributed by atoms with Gasteiger partial charge in [0.15, 0.2) is 0 Å². The SMILES string of the molecule is COc1ccc(NC(=O)Cn2c3c(sc2=O)[C@@H](c2ccccc2)[C@H]2C(=O)N(c4ccc(Cl)cc4)C(=O)[C@H]2S3)cc1. The number of methoxy groups -OCH3 is 1. The van der Waals surface area contributed by atoms with Gasteiger partial charge in [-0.15, -0.1) is 0 Å². The topological polar surface area (TPSA) is 97.7 Å². The van der Waals surface area contributed by atoms with Crippen molar-refractivity contribution in [1.82, 2.24) is 4.57 Å². The molecule has 3 amide bonds. The van der Waals surface area contributed by atoms with E-state index in [0.29, 0.717) is 32.1 Å². The Morgan fingerprint density at radius 2 is 1.65 bits per heavy atom. The van der Waals surface area contributed by atoms with Crippen LogP contribution in [0.15, 0.2) is 88.7 Å². The highest BCUT2D eigenvalue weighted by Gasteiger charge is 2.56. The Labute approximate surface area is 242 Å². The summed E-state index contributed by atoms with van der Waals surface area (Å²) in [5.74, 6) is -1.64. The van der Waals surface area contributed by atoms with Crippen molar-refractivity contribution < 1.29 is 19.1 Å². The van der Waals surface area contributed by atoms with Crippen LogP contribution in [0.1, 0.15) is 16.4 Å². The lowest BCUT2D eigenvalue weighted by atomic mass is 9.83. The van der Waals surface area contributed by atoms with Crippen LogP contribution in [0.25, 0.3) is 0 Å². The summed E-state index contributed by atoms with van der Waals surface area (Å²) in [7, 11) is 1.56. The zero-order valence-electron chi connectivity index (χ0n) is 21.1. The Morgan fingerprint density at radius 1 is 0.950 bits per heavy atom. The standard InChI is InChI=1S/C29H22ClN3O5S2/c1-38-20-13-9-18(10-14-20)31-21(34)15-32-28-25(40-29(32)37)22(16-5-3-2-4-6-16)23-24(39-28)27(36)33(26(23)35)19-11-7-17(30)8-12-19/h2-14,22-24H,15H2,1H3,(H,31,34)/t22-,23+,24-/m0/s1. The van der Waals surface area contributed by atoms with Gasteiger partial charge < -0.3 is 10.1 Å². The number of fused-ring (bicyclic) bond motifs is 2. The molecule has 0 unspecified atom stereocenters. The van der Waals surface area contributed by atoms with Crippen molar-refractivity contribution in [2.75, 3.05) is 17.3 Å². The van der Waals surface area contributed by atoms with Crippen LogP contribution in [0.4, 0.5) is 11.4 Å².